The van der Waals surface area contributed by atoms with Gasteiger partial charge in [0.2, 0.25) is 0 Å². The van der Waals surface area contributed by atoms with Crippen molar-refractivity contribution in [3.63, 3.8) is 0 Å². The van der Waals surface area contributed by atoms with Crippen molar-refractivity contribution >= 4 is 9.84 Å². The van der Waals surface area contributed by atoms with Crippen molar-refractivity contribution < 1.29 is 13.2 Å². The summed E-state index contributed by atoms with van der Waals surface area (Å²) < 4.78 is 27.6. The van der Waals surface area contributed by atoms with Crippen molar-refractivity contribution in [3.05, 3.63) is 29.8 Å². The Morgan fingerprint density at radius 1 is 1.44 bits per heavy atom. The van der Waals surface area contributed by atoms with Crippen LogP contribution in [0.5, 0.6) is 5.75 Å². The molecule has 0 aliphatic carbocycles. The molecule has 1 aromatic carbocycles. The van der Waals surface area contributed by atoms with Crippen LogP contribution in [0.25, 0.3) is 0 Å². The van der Waals surface area contributed by atoms with Gasteiger partial charge >= 0.3 is 0 Å². The van der Waals surface area contributed by atoms with Crippen molar-refractivity contribution in [1.82, 2.24) is 0 Å². The average Bonchev–Trinajstić information content (AvgIpc) is 2.16. The van der Waals surface area contributed by atoms with Crippen LogP contribution in [0.3, 0.4) is 0 Å². The van der Waals surface area contributed by atoms with E-state index in [1.165, 1.54) is 6.26 Å². The summed E-state index contributed by atoms with van der Waals surface area (Å²) in [6.45, 7) is 2.47. The summed E-state index contributed by atoms with van der Waals surface area (Å²) in [4.78, 5) is 0. The second kappa shape index (κ2) is 5.32. The molecule has 0 aliphatic rings. The Morgan fingerprint density at radius 2 is 2.12 bits per heavy atom. The van der Waals surface area contributed by atoms with E-state index in [-0.39, 0.29) is 5.75 Å². The van der Waals surface area contributed by atoms with E-state index in [4.69, 9.17) is 10.5 Å². The van der Waals surface area contributed by atoms with E-state index >= 15 is 0 Å². The Kier molecular flexibility index (Phi) is 4.32. The van der Waals surface area contributed by atoms with Crippen LogP contribution >= 0.6 is 0 Å². The van der Waals surface area contributed by atoms with Crippen molar-refractivity contribution in [2.45, 2.75) is 13.0 Å². The molecule has 0 spiro atoms. The zero-order chi connectivity index (χ0) is 12.2. The Labute approximate surface area is 96.3 Å². The van der Waals surface area contributed by atoms with Crippen molar-refractivity contribution in [2.75, 3.05) is 18.6 Å². The first kappa shape index (κ1) is 13.0. The smallest absolute Gasteiger partial charge is 0.149 e. The summed E-state index contributed by atoms with van der Waals surface area (Å²) in [6, 6.07) is 6.70. The van der Waals surface area contributed by atoms with Gasteiger partial charge in [0.25, 0.3) is 0 Å². The standard InChI is InChI=1S/C11H17NO3S/c1-3-15-10-6-4-5-9(7-10)11(12)8-16(2,13)14/h4-7,11H,3,8,12H2,1-2H3/t11-/m1/s1. The quantitative estimate of drug-likeness (QED) is 0.841. The van der Waals surface area contributed by atoms with E-state index < -0.39 is 15.9 Å². The van der Waals surface area contributed by atoms with E-state index in [0.29, 0.717) is 12.4 Å². The summed E-state index contributed by atoms with van der Waals surface area (Å²) in [5, 5.41) is 0. The summed E-state index contributed by atoms with van der Waals surface area (Å²) in [7, 11) is -3.06. The number of ether oxygens (including phenoxy) is 1. The SMILES string of the molecule is CCOc1cccc([C@H](N)CS(C)(=O)=O)c1. The number of rotatable bonds is 5. The fourth-order valence-electron chi connectivity index (χ4n) is 1.42. The molecular weight excluding hydrogens is 226 g/mol. The molecule has 2 N–H and O–H groups in total. The maximum Gasteiger partial charge on any atom is 0.149 e. The van der Waals surface area contributed by atoms with Crippen LogP contribution in [0.4, 0.5) is 0 Å². The number of nitrogens with two attached hydrogens (primary N) is 1. The lowest BCUT2D eigenvalue weighted by atomic mass is 10.1. The molecule has 0 saturated heterocycles. The highest BCUT2D eigenvalue weighted by Gasteiger charge is 2.13. The van der Waals surface area contributed by atoms with E-state index in [9.17, 15) is 8.42 Å². The van der Waals surface area contributed by atoms with Gasteiger partial charge < -0.3 is 10.5 Å². The van der Waals surface area contributed by atoms with Crippen LogP contribution in [0.15, 0.2) is 24.3 Å². The van der Waals surface area contributed by atoms with Gasteiger partial charge in [-0.05, 0) is 24.6 Å². The van der Waals surface area contributed by atoms with Crippen LogP contribution < -0.4 is 10.5 Å². The highest BCUT2D eigenvalue weighted by Crippen LogP contribution is 2.18. The van der Waals surface area contributed by atoms with Crippen molar-refractivity contribution in [2.24, 2.45) is 5.73 Å². The first-order valence-corrected chi connectivity index (χ1v) is 7.14. The van der Waals surface area contributed by atoms with Crippen molar-refractivity contribution in [3.8, 4) is 5.75 Å². The Morgan fingerprint density at radius 3 is 2.69 bits per heavy atom. The van der Waals surface area contributed by atoms with Crippen LogP contribution in [0, 0.1) is 0 Å². The number of sulfone groups is 1. The molecule has 1 aromatic rings. The zero-order valence-corrected chi connectivity index (χ0v) is 10.3. The molecule has 5 heteroatoms. The summed E-state index contributed by atoms with van der Waals surface area (Å²) in [5.74, 6) is 0.659. The highest BCUT2D eigenvalue weighted by molar-refractivity contribution is 7.90. The van der Waals surface area contributed by atoms with E-state index in [2.05, 4.69) is 0 Å². The predicted octanol–water partition coefficient (Wildman–Crippen LogP) is 1.13. The van der Waals surface area contributed by atoms with Crippen molar-refractivity contribution in [1.29, 1.82) is 0 Å². The van der Waals surface area contributed by atoms with Gasteiger partial charge in [-0.15, -0.1) is 0 Å². The van der Waals surface area contributed by atoms with Gasteiger partial charge in [0.1, 0.15) is 15.6 Å². The lowest BCUT2D eigenvalue weighted by Gasteiger charge is -2.12. The summed E-state index contributed by atoms with van der Waals surface area (Å²) in [6.07, 6.45) is 1.18. The minimum Gasteiger partial charge on any atom is -0.494 e. The predicted molar refractivity (Wildman–Crippen MR) is 64.3 cm³/mol. The molecule has 0 aliphatic heterocycles. The van der Waals surface area contributed by atoms with Gasteiger partial charge in [0.15, 0.2) is 0 Å². The fraction of sp³-hybridized carbons (Fsp3) is 0.455. The maximum absolute atomic E-state index is 11.1. The van der Waals surface area contributed by atoms with Gasteiger partial charge in [-0.1, -0.05) is 12.1 Å². The molecule has 0 aromatic heterocycles. The molecule has 0 radical (unpaired) electrons. The average molecular weight is 243 g/mol. The molecular formula is C11H17NO3S. The maximum atomic E-state index is 11.1. The normalized spacial score (nSPS) is 13.4. The molecule has 0 heterocycles. The molecule has 1 rings (SSSR count). The topological polar surface area (TPSA) is 69.4 Å². The molecule has 0 bridgehead atoms. The Bertz CT molecular complexity index is 442. The number of benzene rings is 1. The summed E-state index contributed by atoms with van der Waals surface area (Å²) in [5.41, 5.74) is 6.59. The minimum absolute atomic E-state index is 0.0530. The van der Waals surface area contributed by atoms with E-state index in [0.717, 1.165) is 5.56 Å². The largest absolute Gasteiger partial charge is 0.494 e. The molecule has 0 unspecified atom stereocenters. The minimum atomic E-state index is -3.06. The van der Waals surface area contributed by atoms with Crippen LogP contribution in [-0.2, 0) is 9.84 Å². The Balaban J connectivity index is 2.83. The van der Waals surface area contributed by atoms with Crippen LogP contribution in [0.2, 0.25) is 0 Å². The van der Waals surface area contributed by atoms with E-state index in [1.807, 2.05) is 19.1 Å². The molecule has 0 fully saturated rings. The van der Waals surface area contributed by atoms with Crippen LogP contribution in [-0.4, -0.2) is 27.0 Å². The Hall–Kier alpha value is -1.07. The van der Waals surface area contributed by atoms with Gasteiger partial charge in [-0.3, -0.25) is 0 Å². The van der Waals surface area contributed by atoms with Crippen LogP contribution in [0.1, 0.15) is 18.5 Å². The zero-order valence-electron chi connectivity index (χ0n) is 9.51. The summed E-state index contributed by atoms with van der Waals surface area (Å²) >= 11 is 0. The second-order valence-corrected chi connectivity index (χ2v) is 5.89. The molecule has 0 amide bonds. The molecule has 90 valence electrons. The van der Waals surface area contributed by atoms with Gasteiger partial charge in [-0.25, -0.2) is 8.42 Å². The molecule has 0 saturated carbocycles. The molecule has 1 atom stereocenters. The number of hydrogen-bond acceptors (Lipinski definition) is 4. The lowest BCUT2D eigenvalue weighted by molar-refractivity contribution is 0.339. The fourth-order valence-corrected chi connectivity index (χ4v) is 2.27. The van der Waals surface area contributed by atoms with Gasteiger partial charge in [0, 0.05) is 12.3 Å². The first-order valence-electron chi connectivity index (χ1n) is 5.08. The molecule has 16 heavy (non-hydrogen) atoms. The highest BCUT2D eigenvalue weighted by atomic mass is 32.2. The third kappa shape index (κ3) is 4.20. The van der Waals surface area contributed by atoms with Gasteiger partial charge in [0.05, 0.1) is 12.4 Å². The second-order valence-electron chi connectivity index (χ2n) is 3.70. The number of hydrogen-bond donors (Lipinski definition) is 1. The lowest BCUT2D eigenvalue weighted by Crippen LogP contribution is -2.20. The monoisotopic (exact) mass is 243 g/mol. The van der Waals surface area contributed by atoms with Gasteiger partial charge in [-0.2, -0.15) is 0 Å². The third-order valence-electron chi connectivity index (χ3n) is 2.08. The van der Waals surface area contributed by atoms with E-state index in [1.54, 1.807) is 12.1 Å². The third-order valence-corrected chi connectivity index (χ3v) is 3.04. The molecule has 4 nitrogen and oxygen atoms in total. The first-order chi connectivity index (χ1) is 7.42.